The van der Waals surface area contributed by atoms with Crippen LogP contribution >= 0.6 is 0 Å². The molecule has 2 fully saturated rings. The predicted octanol–water partition coefficient (Wildman–Crippen LogP) is 1.83. The monoisotopic (exact) mass is 211 g/mol. The van der Waals surface area contributed by atoms with Gasteiger partial charge in [0.05, 0.1) is 5.92 Å². The third-order valence-corrected chi connectivity index (χ3v) is 4.37. The summed E-state index contributed by atoms with van der Waals surface area (Å²) < 4.78 is 0. The lowest BCUT2D eigenvalue weighted by Crippen LogP contribution is -2.40. The van der Waals surface area contributed by atoms with Crippen LogP contribution in [-0.2, 0) is 4.79 Å². The average molecular weight is 211 g/mol. The number of hydrogen-bond acceptors (Lipinski definition) is 2. The smallest absolute Gasteiger partial charge is 0.308 e. The van der Waals surface area contributed by atoms with Crippen LogP contribution in [0.4, 0.5) is 0 Å². The van der Waals surface area contributed by atoms with Gasteiger partial charge in [0.25, 0.3) is 0 Å². The number of carbonyl (C=O) groups is 1. The topological polar surface area (TPSA) is 40.5 Å². The quantitative estimate of drug-likeness (QED) is 0.774. The Balaban J connectivity index is 1.92. The molecule has 86 valence electrons. The van der Waals surface area contributed by atoms with Crippen LogP contribution in [0.1, 0.15) is 33.1 Å². The number of hydrogen-bond donors (Lipinski definition) is 1. The molecular weight excluding hydrogens is 190 g/mol. The molecule has 3 atom stereocenters. The van der Waals surface area contributed by atoms with E-state index in [4.69, 9.17) is 5.11 Å². The van der Waals surface area contributed by atoms with Crippen LogP contribution in [-0.4, -0.2) is 35.1 Å². The first-order valence-corrected chi connectivity index (χ1v) is 6.06. The highest BCUT2D eigenvalue weighted by Gasteiger charge is 2.39. The molecule has 0 aromatic carbocycles. The standard InChI is InChI=1S/C12H21NO2/c1-8-6-13(7-11(8)12(14)15)9(2)10-4-3-5-10/h8-11H,3-7H2,1-2H3,(H,14,15). The van der Waals surface area contributed by atoms with Gasteiger partial charge < -0.3 is 5.11 Å². The largest absolute Gasteiger partial charge is 0.481 e. The highest BCUT2D eigenvalue weighted by molar-refractivity contribution is 5.71. The average Bonchev–Trinajstić information content (AvgIpc) is 2.44. The van der Waals surface area contributed by atoms with E-state index in [1.807, 2.05) is 0 Å². The normalized spacial score (nSPS) is 35.1. The van der Waals surface area contributed by atoms with Crippen LogP contribution in [0.5, 0.6) is 0 Å². The summed E-state index contributed by atoms with van der Waals surface area (Å²) in [5, 5.41) is 9.07. The first-order valence-electron chi connectivity index (χ1n) is 6.06. The second kappa shape index (κ2) is 4.12. The van der Waals surface area contributed by atoms with E-state index >= 15 is 0 Å². The van der Waals surface area contributed by atoms with Crippen LogP contribution in [0.2, 0.25) is 0 Å². The molecule has 0 radical (unpaired) electrons. The molecule has 1 saturated carbocycles. The van der Waals surface area contributed by atoms with E-state index in [9.17, 15) is 4.79 Å². The molecule has 2 rings (SSSR count). The van der Waals surface area contributed by atoms with Gasteiger partial charge in [-0.2, -0.15) is 0 Å². The summed E-state index contributed by atoms with van der Waals surface area (Å²) in [5.41, 5.74) is 0. The molecule has 3 unspecified atom stereocenters. The van der Waals surface area contributed by atoms with Gasteiger partial charge in [-0.15, -0.1) is 0 Å². The fourth-order valence-electron chi connectivity index (χ4n) is 2.88. The molecule has 0 bridgehead atoms. The molecule has 1 saturated heterocycles. The van der Waals surface area contributed by atoms with Gasteiger partial charge in [-0.3, -0.25) is 9.69 Å². The van der Waals surface area contributed by atoms with Crippen molar-refractivity contribution < 1.29 is 9.90 Å². The van der Waals surface area contributed by atoms with E-state index in [0.717, 1.165) is 19.0 Å². The third-order valence-electron chi connectivity index (χ3n) is 4.37. The van der Waals surface area contributed by atoms with Gasteiger partial charge in [0, 0.05) is 19.1 Å². The van der Waals surface area contributed by atoms with Gasteiger partial charge in [-0.25, -0.2) is 0 Å². The Morgan fingerprint density at radius 2 is 2.07 bits per heavy atom. The minimum Gasteiger partial charge on any atom is -0.481 e. The number of aliphatic carboxylic acids is 1. The highest BCUT2D eigenvalue weighted by Crippen LogP contribution is 2.35. The lowest BCUT2D eigenvalue weighted by molar-refractivity contribution is -0.142. The molecule has 1 aliphatic carbocycles. The summed E-state index contributed by atoms with van der Waals surface area (Å²) in [4.78, 5) is 13.4. The SMILES string of the molecule is CC1CN(C(C)C2CCC2)CC1C(=O)O. The zero-order valence-corrected chi connectivity index (χ0v) is 9.65. The number of rotatable bonds is 3. The molecule has 1 heterocycles. The van der Waals surface area contributed by atoms with Crippen LogP contribution < -0.4 is 0 Å². The zero-order valence-electron chi connectivity index (χ0n) is 9.65. The molecule has 3 nitrogen and oxygen atoms in total. The van der Waals surface area contributed by atoms with Gasteiger partial charge in [-0.1, -0.05) is 13.3 Å². The van der Waals surface area contributed by atoms with E-state index in [-0.39, 0.29) is 5.92 Å². The molecule has 0 spiro atoms. The molecular formula is C12H21NO2. The minimum absolute atomic E-state index is 0.146. The number of likely N-dealkylation sites (tertiary alicyclic amines) is 1. The van der Waals surface area contributed by atoms with Gasteiger partial charge in [0.15, 0.2) is 0 Å². The van der Waals surface area contributed by atoms with E-state index in [0.29, 0.717) is 12.0 Å². The fourth-order valence-corrected chi connectivity index (χ4v) is 2.88. The number of nitrogens with zero attached hydrogens (tertiary/aromatic N) is 1. The summed E-state index contributed by atoms with van der Waals surface area (Å²) in [6, 6.07) is 0.588. The molecule has 3 heteroatoms. The second-order valence-electron chi connectivity index (χ2n) is 5.31. The first-order chi connectivity index (χ1) is 7.09. The summed E-state index contributed by atoms with van der Waals surface area (Å²) in [5.74, 6) is 0.369. The molecule has 0 aromatic rings. The summed E-state index contributed by atoms with van der Waals surface area (Å²) >= 11 is 0. The maximum Gasteiger partial charge on any atom is 0.308 e. The van der Waals surface area contributed by atoms with Gasteiger partial charge >= 0.3 is 5.97 Å². The first kappa shape index (κ1) is 10.9. The third kappa shape index (κ3) is 2.03. The fraction of sp³-hybridized carbons (Fsp3) is 0.917. The summed E-state index contributed by atoms with van der Waals surface area (Å²) in [7, 11) is 0. The Morgan fingerprint density at radius 3 is 2.47 bits per heavy atom. The van der Waals surface area contributed by atoms with Crippen LogP contribution in [0.25, 0.3) is 0 Å². The van der Waals surface area contributed by atoms with E-state index in [1.54, 1.807) is 0 Å². The molecule has 1 aliphatic heterocycles. The van der Waals surface area contributed by atoms with Gasteiger partial charge in [0.1, 0.15) is 0 Å². The highest BCUT2D eigenvalue weighted by atomic mass is 16.4. The van der Waals surface area contributed by atoms with Crippen molar-refractivity contribution >= 4 is 5.97 Å². The molecule has 15 heavy (non-hydrogen) atoms. The number of carboxylic acid groups (broad SMARTS) is 1. The van der Waals surface area contributed by atoms with Crippen LogP contribution in [0, 0.1) is 17.8 Å². The second-order valence-corrected chi connectivity index (χ2v) is 5.31. The molecule has 1 N–H and O–H groups in total. The Hall–Kier alpha value is -0.570. The summed E-state index contributed by atoms with van der Waals surface area (Å²) in [6.45, 7) is 6.05. The Kier molecular flexibility index (Phi) is 3.01. The maximum absolute atomic E-state index is 11.0. The molecule has 0 amide bonds. The van der Waals surface area contributed by atoms with Crippen molar-refractivity contribution in [3.8, 4) is 0 Å². The van der Waals surface area contributed by atoms with E-state index in [1.165, 1.54) is 19.3 Å². The molecule has 2 aliphatic rings. The van der Waals surface area contributed by atoms with Crippen LogP contribution in [0.3, 0.4) is 0 Å². The lowest BCUT2D eigenvalue weighted by atomic mass is 9.80. The van der Waals surface area contributed by atoms with Crippen molar-refractivity contribution in [2.45, 2.75) is 39.2 Å². The Morgan fingerprint density at radius 1 is 1.40 bits per heavy atom. The van der Waals surface area contributed by atoms with Crippen molar-refractivity contribution in [1.29, 1.82) is 0 Å². The van der Waals surface area contributed by atoms with E-state index in [2.05, 4.69) is 18.7 Å². The zero-order chi connectivity index (χ0) is 11.0. The van der Waals surface area contributed by atoms with Crippen molar-refractivity contribution in [1.82, 2.24) is 4.90 Å². The van der Waals surface area contributed by atoms with Crippen molar-refractivity contribution in [3.05, 3.63) is 0 Å². The molecule has 0 aromatic heterocycles. The predicted molar refractivity (Wildman–Crippen MR) is 58.7 cm³/mol. The maximum atomic E-state index is 11.0. The lowest BCUT2D eigenvalue weighted by Gasteiger charge is -2.37. The van der Waals surface area contributed by atoms with Crippen molar-refractivity contribution in [2.24, 2.45) is 17.8 Å². The van der Waals surface area contributed by atoms with Crippen molar-refractivity contribution in [2.75, 3.05) is 13.1 Å². The summed E-state index contributed by atoms with van der Waals surface area (Å²) in [6.07, 6.45) is 4.04. The van der Waals surface area contributed by atoms with Crippen LogP contribution in [0.15, 0.2) is 0 Å². The Labute approximate surface area is 91.5 Å². The minimum atomic E-state index is -0.620. The van der Waals surface area contributed by atoms with E-state index < -0.39 is 5.97 Å². The van der Waals surface area contributed by atoms with Crippen molar-refractivity contribution in [3.63, 3.8) is 0 Å². The number of carboxylic acids is 1. The Bertz CT molecular complexity index is 250. The van der Waals surface area contributed by atoms with Gasteiger partial charge in [0.2, 0.25) is 0 Å². The van der Waals surface area contributed by atoms with Gasteiger partial charge in [-0.05, 0) is 31.6 Å².